The molecular weight excluding hydrogens is 405 g/mol. The molecule has 0 amide bonds. The van der Waals surface area contributed by atoms with Gasteiger partial charge < -0.3 is 15.0 Å². The lowest BCUT2D eigenvalue weighted by Crippen LogP contribution is -2.41. The zero-order valence-electron chi connectivity index (χ0n) is 14.5. The van der Waals surface area contributed by atoms with Gasteiger partial charge in [0.2, 0.25) is 0 Å². The van der Waals surface area contributed by atoms with Crippen LogP contribution in [0.3, 0.4) is 0 Å². The van der Waals surface area contributed by atoms with Gasteiger partial charge in [0, 0.05) is 51.9 Å². The zero-order chi connectivity index (χ0) is 15.8. The highest BCUT2D eigenvalue weighted by molar-refractivity contribution is 14.0. The van der Waals surface area contributed by atoms with Crippen LogP contribution < -0.4 is 5.32 Å². The second-order valence-corrected chi connectivity index (χ2v) is 5.98. The van der Waals surface area contributed by atoms with E-state index in [0.29, 0.717) is 5.92 Å². The molecule has 2 rings (SSSR count). The van der Waals surface area contributed by atoms with E-state index in [4.69, 9.17) is 9.73 Å². The topological polar surface area (TPSA) is 54.7 Å². The first-order valence-electron chi connectivity index (χ1n) is 8.25. The number of hydrogen-bond acceptors (Lipinski definition) is 3. The molecule has 1 unspecified atom stereocenters. The number of halogens is 1. The van der Waals surface area contributed by atoms with Crippen molar-refractivity contribution < 1.29 is 4.74 Å². The van der Waals surface area contributed by atoms with E-state index in [1.54, 1.807) is 0 Å². The van der Waals surface area contributed by atoms with Gasteiger partial charge in [0.25, 0.3) is 0 Å². The Labute approximate surface area is 156 Å². The lowest BCUT2D eigenvalue weighted by atomic mass is 10.1. The molecule has 6 nitrogen and oxygen atoms in total. The average Bonchev–Trinajstić information content (AvgIpc) is 3.14. The average molecular weight is 435 g/mol. The number of aromatic nitrogens is 2. The SMILES string of the molecule is CCNC(=NCCCn1cc(C)cn1)N(C)CC1CCOC1.I. The summed E-state index contributed by atoms with van der Waals surface area (Å²) >= 11 is 0. The molecule has 0 aromatic carbocycles. The van der Waals surface area contributed by atoms with Gasteiger partial charge in [-0.15, -0.1) is 24.0 Å². The molecule has 1 aliphatic heterocycles. The van der Waals surface area contributed by atoms with E-state index in [2.05, 4.69) is 42.4 Å². The van der Waals surface area contributed by atoms with Crippen LogP contribution in [0, 0.1) is 12.8 Å². The molecule has 1 aromatic heterocycles. The van der Waals surface area contributed by atoms with Crippen LogP contribution in [0.1, 0.15) is 25.3 Å². The van der Waals surface area contributed by atoms with Crippen LogP contribution in [-0.4, -0.2) is 60.5 Å². The van der Waals surface area contributed by atoms with Crippen molar-refractivity contribution in [2.75, 3.05) is 39.9 Å². The molecule has 23 heavy (non-hydrogen) atoms. The second-order valence-electron chi connectivity index (χ2n) is 5.98. The van der Waals surface area contributed by atoms with Crippen LogP contribution in [0.15, 0.2) is 17.4 Å². The maximum Gasteiger partial charge on any atom is 0.193 e. The molecule has 0 spiro atoms. The van der Waals surface area contributed by atoms with E-state index < -0.39 is 0 Å². The highest BCUT2D eigenvalue weighted by atomic mass is 127. The molecule has 1 saturated heterocycles. The fraction of sp³-hybridized carbons (Fsp3) is 0.750. The van der Waals surface area contributed by atoms with Crippen LogP contribution in [0.25, 0.3) is 0 Å². The highest BCUT2D eigenvalue weighted by Gasteiger charge is 2.18. The summed E-state index contributed by atoms with van der Waals surface area (Å²) in [7, 11) is 2.11. The smallest absolute Gasteiger partial charge is 0.193 e. The first-order valence-corrected chi connectivity index (χ1v) is 8.25. The number of rotatable bonds is 7. The summed E-state index contributed by atoms with van der Waals surface area (Å²) in [5.41, 5.74) is 1.20. The summed E-state index contributed by atoms with van der Waals surface area (Å²) in [6.45, 7) is 9.57. The van der Waals surface area contributed by atoms with Gasteiger partial charge in [-0.3, -0.25) is 9.67 Å². The number of guanidine groups is 1. The molecule has 1 aromatic rings. The minimum atomic E-state index is 0. The van der Waals surface area contributed by atoms with Crippen LogP contribution >= 0.6 is 24.0 Å². The van der Waals surface area contributed by atoms with Gasteiger partial charge in [0.1, 0.15) is 0 Å². The van der Waals surface area contributed by atoms with Gasteiger partial charge in [-0.2, -0.15) is 5.10 Å². The van der Waals surface area contributed by atoms with Gasteiger partial charge >= 0.3 is 0 Å². The quantitative estimate of drug-likeness (QED) is 0.309. The van der Waals surface area contributed by atoms with Crippen molar-refractivity contribution in [2.45, 2.75) is 33.2 Å². The highest BCUT2D eigenvalue weighted by Crippen LogP contribution is 2.13. The van der Waals surface area contributed by atoms with Crippen molar-refractivity contribution in [1.29, 1.82) is 0 Å². The van der Waals surface area contributed by atoms with E-state index in [9.17, 15) is 0 Å². The van der Waals surface area contributed by atoms with Crippen molar-refractivity contribution in [2.24, 2.45) is 10.9 Å². The zero-order valence-corrected chi connectivity index (χ0v) is 16.8. The van der Waals surface area contributed by atoms with Gasteiger partial charge in [0.15, 0.2) is 5.96 Å². The first-order chi connectivity index (χ1) is 10.7. The Bertz CT molecular complexity index is 471. The molecule has 1 N–H and O–H groups in total. The van der Waals surface area contributed by atoms with Crippen molar-refractivity contribution >= 4 is 29.9 Å². The van der Waals surface area contributed by atoms with E-state index in [1.807, 2.05) is 10.9 Å². The Hall–Kier alpha value is -0.830. The third kappa shape index (κ3) is 7.07. The van der Waals surface area contributed by atoms with Gasteiger partial charge in [-0.05, 0) is 32.3 Å². The molecule has 0 aliphatic carbocycles. The second kappa shape index (κ2) is 10.9. The monoisotopic (exact) mass is 435 g/mol. The molecule has 2 heterocycles. The minimum Gasteiger partial charge on any atom is -0.381 e. The molecule has 7 heteroatoms. The van der Waals surface area contributed by atoms with E-state index in [-0.39, 0.29) is 24.0 Å². The summed E-state index contributed by atoms with van der Waals surface area (Å²) in [4.78, 5) is 6.95. The van der Waals surface area contributed by atoms with Crippen LogP contribution in [0.5, 0.6) is 0 Å². The Morgan fingerprint density at radius 1 is 1.57 bits per heavy atom. The third-order valence-electron chi connectivity index (χ3n) is 3.82. The summed E-state index contributed by atoms with van der Waals surface area (Å²) in [5.74, 6) is 1.62. The maximum atomic E-state index is 5.45. The van der Waals surface area contributed by atoms with Crippen molar-refractivity contribution in [3.05, 3.63) is 18.0 Å². The molecular formula is C16H30IN5O. The predicted molar refractivity (Wildman–Crippen MR) is 105 cm³/mol. The van der Waals surface area contributed by atoms with Gasteiger partial charge in [-0.1, -0.05) is 0 Å². The number of aryl methyl sites for hydroxylation is 2. The fourth-order valence-electron chi connectivity index (χ4n) is 2.68. The van der Waals surface area contributed by atoms with Crippen molar-refractivity contribution in [3.8, 4) is 0 Å². The summed E-state index contributed by atoms with van der Waals surface area (Å²) in [6, 6.07) is 0. The number of aliphatic imine (C=N–C) groups is 1. The standard InChI is InChI=1S/C16H29N5O.HI/c1-4-17-16(20(3)12-15-6-9-22-13-15)18-7-5-8-21-11-14(2)10-19-21;/h10-11,15H,4-9,12-13H2,1-3H3,(H,17,18);1H. The van der Waals surface area contributed by atoms with E-state index in [1.165, 1.54) is 5.56 Å². The molecule has 1 fully saturated rings. The van der Waals surface area contributed by atoms with Gasteiger partial charge in [-0.25, -0.2) is 0 Å². The summed E-state index contributed by atoms with van der Waals surface area (Å²) in [5, 5.41) is 7.67. The van der Waals surface area contributed by atoms with E-state index in [0.717, 1.165) is 58.2 Å². The fourth-order valence-corrected chi connectivity index (χ4v) is 2.68. The Balaban J connectivity index is 0.00000264. The predicted octanol–water partition coefficient (Wildman–Crippen LogP) is 2.13. The molecule has 132 valence electrons. The summed E-state index contributed by atoms with van der Waals surface area (Å²) < 4.78 is 7.43. The van der Waals surface area contributed by atoms with Crippen molar-refractivity contribution in [1.82, 2.24) is 20.0 Å². The third-order valence-corrected chi connectivity index (χ3v) is 3.82. The largest absolute Gasteiger partial charge is 0.381 e. The number of ether oxygens (including phenoxy) is 1. The molecule has 0 bridgehead atoms. The molecule has 0 radical (unpaired) electrons. The lowest BCUT2D eigenvalue weighted by Gasteiger charge is -2.24. The van der Waals surface area contributed by atoms with E-state index >= 15 is 0 Å². The Kier molecular flexibility index (Phi) is 9.54. The minimum absolute atomic E-state index is 0. The summed E-state index contributed by atoms with van der Waals surface area (Å²) in [6.07, 6.45) is 6.12. The first kappa shape index (κ1) is 20.2. The van der Waals surface area contributed by atoms with Crippen molar-refractivity contribution in [3.63, 3.8) is 0 Å². The molecule has 1 atom stereocenters. The maximum absolute atomic E-state index is 5.45. The Morgan fingerprint density at radius 3 is 3.00 bits per heavy atom. The normalized spacial score (nSPS) is 17.9. The lowest BCUT2D eigenvalue weighted by molar-refractivity contribution is 0.181. The number of hydrogen-bond donors (Lipinski definition) is 1. The van der Waals surface area contributed by atoms with Crippen LogP contribution in [0.4, 0.5) is 0 Å². The number of nitrogens with zero attached hydrogens (tertiary/aromatic N) is 4. The van der Waals surface area contributed by atoms with Gasteiger partial charge in [0.05, 0.1) is 12.8 Å². The number of nitrogens with one attached hydrogen (secondary N) is 1. The molecule has 1 aliphatic rings. The Morgan fingerprint density at radius 2 is 2.39 bits per heavy atom. The van der Waals surface area contributed by atoms with Crippen LogP contribution in [-0.2, 0) is 11.3 Å². The van der Waals surface area contributed by atoms with Crippen LogP contribution in [0.2, 0.25) is 0 Å². The molecule has 0 saturated carbocycles.